The number of ether oxygens (including phenoxy) is 2. The summed E-state index contributed by atoms with van der Waals surface area (Å²) in [6, 6.07) is 0. The first kappa shape index (κ1) is 17.6. The molecule has 1 aromatic rings. The third-order valence-electron chi connectivity index (χ3n) is 2.96. The van der Waals surface area contributed by atoms with Gasteiger partial charge >= 0.3 is 0 Å². The average Bonchev–Trinajstić information content (AvgIpc) is 2.79. The van der Waals surface area contributed by atoms with Crippen molar-refractivity contribution in [2.24, 2.45) is 0 Å². The third-order valence-corrected chi connectivity index (χ3v) is 4.10. The van der Waals surface area contributed by atoms with Gasteiger partial charge in [-0.15, -0.1) is 11.3 Å². The lowest BCUT2D eigenvalue weighted by Gasteiger charge is -2.06. The van der Waals surface area contributed by atoms with Crippen LogP contribution in [0.25, 0.3) is 0 Å². The number of amides is 1. The molecular formula is C14H25N3O3S. The summed E-state index contributed by atoms with van der Waals surface area (Å²) in [6.07, 6.45) is 3.17. The standard InChI is InChI=1S/C14H25N3O3S/c1-4-16-13(18)12-10(15)11(20-3)14(21-12)17-8-6-5-7-9-19-2/h17H,4-9,15H2,1-3H3,(H,16,18). The van der Waals surface area contributed by atoms with Crippen LogP contribution in [0.4, 0.5) is 10.7 Å². The molecule has 120 valence electrons. The second kappa shape index (κ2) is 9.46. The summed E-state index contributed by atoms with van der Waals surface area (Å²) < 4.78 is 10.3. The van der Waals surface area contributed by atoms with Gasteiger partial charge in [0, 0.05) is 26.8 Å². The van der Waals surface area contributed by atoms with Gasteiger partial charge in [-0.05, 0) is 26.2 Å². The topological polar surface area (TPSA) is 85.6 Å². The van der Waals surface area contributed by atoms with E-state index in [9.17, 15) is 4.79 Å². The molecule has 0 saturated heterocycles. The maximum atomic E-state index is 11.9. The Morgan fingerprint density at radius 3 is 2.67 bits per heavy atom. The molecule has 21 heavy (non-hydrogen) atoms. The number of rotatable bonds is 10. The molecular weight excluding hydrogens is 290 g/mol. The van der Waals surface area contributed by atoms with Crippen LogP contribution in [-0.2, 0) is 4.74 Å². The van der Waals surface area contributed by atoms with Crippen molar-refractivity contribution in [3.05, 3.63) is 4.88 Å². The summed E-state index contributed by atoms with van der Waals surface area (Å²) in [5.74, 6) is 0.393. The van der Waals surface area contributed by atoms with Crippen LogP contribution in [0.1, 0.15) is 35.9 Å². The summed E-state index contributed by atoms with van der Waals surface area (Å²) in [5.41, 5.74) is 6.38. The number of anilines is 2. The fourth-order valence-electron chi connectivity index (χ4n) is 1.91. The van der Waals surface area contributed by atoms with Crippen molar-refractivity contribution in [1.82, 2.24) is 5.32 Å². The maximum absolute atomic E-state index is 11.9. The summed E-state index contributed by atoms with van der Waals surface area (Å²) >= 11 is 1.33. The second-order valence-corrected chi connectivity index (χ2v) is 5.57. The molecule has 0 atom stereocenters. The van der Waals surface area contributed by atoms with E-state index in [0.717, 1.165) is 37.4 Å². The van der Waals surface area contributed by atoms with Gasteiger partial charge in [-0.25, -0.2) is 0 Å². The van der Waals surface area contributed by atoms with Gasteiger partial charge in [0.2, 0.25) is 0 Å². The quantitative estimate of drug-likeness (QED) is 0.577. The van der Waals surface area contributed by atoms with Crippen LogP contribution in [0.2, 0.25) is 0 Å². The van der Waals surface area contributed by atoms with E-state index < -0.39 is 0 Å². The highest BCUT2D eigenvalue weighted by molar-refractivity contribution is 7.19. The van der Waals surface area contributed by atoms with Crippen molar-refractivity contribution in [3.8, 4) is 5.75 Å². The van der Waals surface area contributed by atoms with E-state index in [2.05, 4.69) is 10.6 Å². The number of nitrogens with two attached hydrogens (primary N) is 1. The Balaban J connectivity index is 2.61. The predicted octanol–water partition coefficient (Wildman–Crippen LogP) is 2.32. The average molecular weight is 315 g/mol. The molecule has 0 bridgehead atoms. The van der Waals surface area contributed by atoms with Crippen molar-refractivity contribution >= 4 is 27.9 Å². The zero-order valence-electron chi connectivity index (χ0n) is 13.0. The monoisotopic (exact) mass is 315 g/mol. The van der Waals surface area contributed by atoms with Gasteiger partial charge in [-0.2, -0.15) is 0 Å². The normalized spacial score (nSPS) is 10.4. The molecule has 7 heteroatoms. The van der Waals surface area contributed by atoms with E-state index in [1.165, 1.54) is 11.3 Å². The van der Waals surface area contributed by atoms with Gasteiger partial charge in [0.05, 0.1) is 7.11 Å². The highest BCUT2D eigenvalue weighted by Crippen LogP contribution is 2.42. The minimum Gasteiger partial charge on any atom is -0.492 e. The molecule has 0 spiro atoms. The Kier molecular flexibility index (Phi) is 7.92. The first-order valence-corrected chi connectivity index (χ1v) is 7.94. The second-order valence-electron chi connectivity index (χ2n) is 4.55. The molecule has 0 aliphatic rings. The first-order chi connectivity index (χ1) is 10.2. The van der Waals surface area contributed by atoms with Gasteiger partial charge in [0.15, 0.2) is 5.75 Å². The van der Waals surface area contributed by atoms with Crippen LogP contribution in [0.3, 0.4) is 0 Å². The Morgan fingerprint density at radius 2 is 2.05 bits per heavy atom. The van der Waals surface area contributed by atoms with Crippen LogP contribution >= 0.6 is 11.3 Å². The molecule has 0 fully saturated rings. The van der Waals surface area contributed by atoms with E-state index in [1.807, 2.05) is 6.92 Å². The Labute approximate surface area is 130 Å². The van der Waals surface area contributed by atoms with E-state index >= 15 is 0 Å². The molecule has 1 heterocycles. The minimum absolute atomic E-state index is 0.161. The summed E-state index contributed by atoms with van der Waals surface area (Å²) in [6.45, 7) is 4.05. The van der Waals surface area contributed by atoms with Crippen molar-refractivity contribution in [2.45, 2.75) is 26.2 Å². The van der Waals surface area contributed by atoms with Gasteiger partial charge in [0.1, 0.15) is 15.6 Å². The number of carbonyl (C=O) groups excluding carboxylic acids is 1. The Bertz CT molecular complexity index is 449. The first-order valence-electron chi connectivity index (χ1n) is 7.12. The van der Waals surface area contributed by atoms with Crippen molar-refractivity contribution in [2.75, 3.05) is 45.0 Å². The van der Waals surface area contributed by atoms with Crippen LogP contribution in [0, 0.1) is 0 Å². The molecule has 6 nitrogen and oxygen atoms in total. The van der Waals surface area contributed by atoms with E-state index in [1.54, 1.807) is 14.2 Å². The number of hydrogen-bond donors (Lipinski definition) is 3. The molecule has 0 radical (unpaired) electrons. The molecule has 0 aliphatic heterocycles. The fraction of sp³-hybridized carbons (Fsp3) is 0.643. The van der Waals surface area contributed by atoms with Crippen molar-refractivity contribution in [1.29, 1.82) is 0 Å². The molecule has 1 amide bonds. The van der Waals surface area contributed by atoms with Crippen LogP contribution < -0.4 is 21.1 Å². The lowest BCUT2D eigenvalue weighted by atomic mass is 10.2. The third kappa shape index (κ3) is 5.09. The number of hydrogen-bond acceptors (Lipinski definition) is 6. The zero-order valence-corrected chi connectivity index (χ0v) is 13.8. The lowest BCUT2D eigenvalue weighted by Crippen LogP contribution is -2.22. The van der Waals surface area contributed by atoms with E-state index in [0.29, 0.717) is 22.9 Å². The van der Waals surface area contributed by atoms with Crippen LogP contribution in [0.5, 0.6) is 5.75 Å². The minimum atomic E-state index is -0.161. The number of nitrogens with one attached hydrogen (secondary N) is 2. The number of unbranched alkanes of at least 4 members (excludes halogenated alkanes) is 2. The number of carbonyl (C=O) groups is 1. The van der Waals surface area contributed by atoms with Gasteiger partial charge in [-0.3, -0.25) is 4.79 Å². The number of thiophene rings is 1. The molecule has 4 N–H and O–H groups in total. The van der Waals surface area contributed by atoms with Crippen LogP contribution in [-0.4, -0.2) is 39.8 Å². The maximum Gasteiger partial charge on any atom is 0.263 e. The zero-order chi connectivity index (χ0) is 15.7. The van der Waals surface area contributed by atoms with E-state index in [4.69, 9.17) is 15.2 Å². The summed E-state index contributed by atoms with van der Waals surface area (Å²) in [7, 11) is 3.27. The summed E-state index contributed by atoms with van der Waals surface area (Å²) in [5, 5.41) is 6.85. The Hall–Kier alpha value is -1.47. The largest absolute Gasteiger partial charge is 0.492 e. The lowest BCUT2D eigenvalue weighted by molar-refractivity contribution is 0.0960. The SMILES string of the molecule is CCNC(=O)c1sc(NCCCCCOC)c(OC)c1N. The van der Waals surface area contributed by atoms with E-state index in [-0.39, 0.29) is 5.91 Å². The fourth-order valence-corrected chi connectivity index (χ4v) is 2.94. The summed E-state index contributed by atoms with van der Waals surface area (Å²) in [4.78, 5) is 12.4. The Morgan fingerprint density at radius 1 is 1.29 bits per heavy atom. The highest BCUT2D eigenvalue weighted by atomic mass is 32.1. The highest BCUT2D eigenvalue weighted by Gasteiger charge is 2.21. The van der Waals surface area contributed by atoms with Gasteiger partial charge in [0.25, 0.3) is 5.91 Å². The number of nitrogen functional groups attached to an aromatic ring is 1. The van der Waals surface area contributed by atoms with Gasteiger partial charge < -0.3 is 25.8 Å². The predicted molar refractivity (Wildman–Crippen MR) is 87.5 cm³/mol. The molecule has 0 unspecified atom stereocenters. The van der Waals surface area contributed by atoms with Crippen LogP contribution in [0.15, 0.2) is 0 Å². The number of methoxy groups -OCH3 is 2. The van der Waals surface area contributed by atoms with Crippen molar-refractivity contribution < 1.29 is 14.3 Å². The smallest absolute Gasteiger partial charge is 0.263 e. The van der Waals surface area contributed by atoms with Gasteiger partial charge in [-0.1, -0.05) is 0 Å². The molecule has 1 rings (SSSR count). The molecule has 0 aliphatic carbocycles. The molecule has 0 aromatic carbocycles. The van der Waals surface area contributed by atoms with Crippen molar-refractivity contribution in [3.63, 3.8) is 0 Å². The molecule has 0 saturated carbocycles. The molecule has 1 aromatic heterocycles.